The van der Waals surface area contributed by atoms with Crippen molar-refractivity contribution in [2.45, 2.75) is 6.92 Å². The number of allylic oxidation sites excluding steroid dienone is 5. The maximum absolute atomic E-state index is 11.0. The van der Waals surface area contributed by atoms with Gasteiger partial charge in [0.1, 0.15) is 0 Å². The Hall–Kier alpha value is -1.31. The first-order valence-electron chi connectivity index (χ1n) is 3.55. The van der Waals surface area contributed by atoms with Crippen molar-refractivity contribution in [3.8, 4) is 0 Å². The molecule has 1 rings (SSSR count). The zero-order valence-corrected chi connectivity index (χ0v) is 6.41. The second-order valence-electron chi connectivity index (χ2n) is 2.11. The number of rotatable bonds is 2. The van der Waals surface area contributed by atoms with Crippen LogP contribution in [0, 0.1) is 0 Å². The molecule has 0 unspecified atom stereocenters. The van der Waals surface area contributed by atoms with Gasteiger partial charge in [-0.1, -0.05) is 12.2 Å². The average Bonchev–Trinajstić information content (AvgIpc) is 2.03. The van der Waals surface area contributed by atoms with Crippen LogP contribution in [-0.2, 0) is 9.53 Å². The molecular formula is C9H10O2. The predicted molar refractivity (Wildman–Crippen MR) is 43.0 cm³/mol. The molecule has 0 bridgehead atoms. The van der Waals surface area contributed by atoms with Gasteiger partial charge in [0.05, 0.1) is 18.4 Å². The lowest BCUT2D eigenvalue weighted by Crippen LogP contribution is -1.99. The summed E-state index contributed by atoms with van der Waals surface area (Å²) in [6, 6.07) is 0. The summed E-state index contributed by atoms with van der Waals surface area (Å²) >= 11 is 0. The highest BCUT2D eigenvalue weighted by atomic mass is 16.5. The van der Waals surface area contributed by atoms with Crippen LogP contribution >= 0.6 is 0 Å². The lowest BCUT2D eigenvalue weighted by atomic mass is 10.1. The monoisotopic (exact) mass is 150 g/mol. The Morgan fingerprint density at radius 2 is 2.18 bits per heavy atom. The van der Waals surface area contributed by atoms with Gasteiger partial charge in [-0.2, -0.15) is 0 Å². The van der Waals surface area contributed by atoms with Gasteiger partial charge in [-0.3, -0.25) is 4.79 Å². The van der Waals surface area contributed by atoms with Crippen molar-refractivity contribution in [3.63, 3.8) is 0 Å². The molecule has 2 heteroatoms. The fourth-order valence-corrected chi connectivity index (χ4v) is 0.751. The van der Waals surface area contributed by atoms with Gasteiger partial charge in [0.2, 0.25) is 0 Å². The molecule has 0 radical (unpaired) electrons. The van der Waals surface area contributed by atoms with Crippen molar-refractivity contribution in [2.75, 3.05) is 6.61 Å². The quantitative estimate of drug-likeness (QED) is 0.441. The zero-order valence-electron chi connectivity index (χ0n) is 6.41. The number of hydrogen-bond acceptors (Lipinski definition) is 2. The van der Waals surface area contributed by atoms with Crippen molar-refractivity contribution >= 4 is 5.78 Å². The second-order valence-corrected chi connectivity index (χ2v) is 2.11. The van der Waals surface area contributed by atoms with Crippen molar-refractivity contribution in [1.82, 2.24) is 0 Å². The summed E-state index contributed by atoms with van der Waals surface area (Å²) in [6.45, 7) is 2.47. The minimum absolute atomic E-state index is 0.000880. The molecule has 58 valence electrons. The van der Waals surface area contributed by atoms with Crippen molar-refractivity contribution in [3.05, 3.63) is 36.1 Å². The van der Waals surface area contributed by atoms with E-state index in [0.29, 0.717) is 12.2 Å². The first-order valence-corrected chi connectivity index (χ1v) is 3.55. The van der Waals surface area contributed by atoms with E-state index in [2.05, 4.69) is 0 Å². The van der Waals surface area contributed by atoms with Gasteiger partial charge < -0.3 is 4.74 Å². The normalized spacial score (nSPS) is 19.4. The number of carbonyl (C=O) groups excluding carboxylic acids is 1. The van der Waals surface area contributed by atoms with E-state index in [1.807, 2.05) is 13.0 Å². The fraction of sp³-hybridized carbons (Fsp3) is 0.222. The molecule has 0 saturated heterocycles. The van der Waals surface area contributed by atoms with Gasteiger partial charge in [-0.05, 0) is 19.1 Å². The average molecular weight is 150 g/mol. The topological polar surface area (TPSA) is 26.3 Å². The third kappa shape index (κ3) is 2.08. The van der Waals surface area contributed by atoms with Crippen molar-refractivity contribution in [1.29, 1.82) is 0 Å². The number of ether oxygens (including phenoxy) is 1. The van der Waals surface area contributed by atoms with Crippen LogP contribution in [0.4, 0.5) is 0 Å². The van der Waals surface area contributed by atoms with Crippen LogP contribution in [0.5, 0.6) is 0 Å². The third-order valence-corrected chi connectivity index (χ3v) is 1.30. The maximum Gasteiger partial charge on any atom is 0.188 e. The molecule has 0 fully saturated rings. The number of ketones is 1. The predicted octanol–water partition coefficient (Wildman–Crippen LogP) is 1.60. The van der Waals surface area contributed by atoms with Crippen LogP contribution in [-0.4, -0.2) is 12.4 Å². The molecule has 1 aliphatic rings. The molecule has 11 heavy (non-hydrogen) atoms. The highest BCUT2D eigenvalue weighted by molar-refractivity contribution is 6.07. The van der Waals surface area contributed by atoms with Crippen molar-refractivity contribution < 1.29 is 9.53 Å². The van der Waals surface area contributed by atoms with E-state index in [-0.39, 0.29) is 5.78 Å². The molecule has 0 heterocycles. The van der Waals surface area contributed by atoms with E-state index in [9.17, 15) is 4.79 Å². The van der Waals surface area contributed by atoms with Gasteiger partial charge in [-0.15, -0.1) is 0 Å². The standard InChI is InChI=1S/C9H10O2/c1-2-11-7-8-5-3-4-6-9(8)10/h3-7H,2H2,1H3/b8-7-. The van der Waals surface area contributed by atoms with Crippen LogP contribution in [0.15, 0.2) is 36.1 Å². The van der Waals surface area contributed by atoms with E-state index in [1.165, 1.54) is 12.3 Å². The summed E-state index contributed by atoms with van der Waals surface area (Å²) in [7, 11) is 0. The van der Waals surface area contributed by atoms with Crippen LogP contribution in [0.1, 0.15) is 6.92 Å². The second kappa shape index (κ2) is 3.76. The Labute approximate surface area is 65.9 Å². The SMILES string of the molecule is CCO/C=C1/C=CC=CC1=O. The van der Waals surface area contributed by atoms with Crippen LogP contribution in [0.3, 0.4) is 0 Å². The summed E-state index contributed by atoms with van der Waals surface area (Å²) in [5.74, 6) is 0.000880. The number of hydrogen-bond donors (Lipinski definition) is 0. The zero-order chi connectivity index (χ0) is 8.10. The fourth-order valence-electron chi connectivity index (χ4n) is 0.751. The first kappa shape index (κ1) is 7.79. The smallest absolute Gasteiger partial charge is 0.188 e. The molecule has 0 aromatic carbocycles. The molecule has 1 aliphatic carbocycles. The molecule has 0 N–H and O–H groups in total. The Bertz CT molecular complexity index is 234. The first-order chi connectivity index (χ1) is 5.34. The van der Waals surface area contributed by atoms with Gasteiger partial charge in [0, 0.05) is 0 Å². The van der Waals surface area contributed by atoms with E-state index < -0.39 is 0 Å². The highest BCUT2D eigenvalue weighted by Crippen LogP contribution is 2.05. The molecule has 0 aromatic heterocycles. The summed E-state index contributed by atoms with van der Waals surface area (Å²) in [5.41, 5.74) is 0.606. The summed E-state index contributed by atoms with van der Waals surface area (Å²) in [5, 5.41) is 0. The molecule has 0 atom stereocenters. The van der Waals surface area contributed by atoms with E-state index in [4.69, 9.17) is 4.74 Å². The maximum atomic E-state index is 11.0. The molecule has 0 aromatic rings. The lowest BCUT2D eigenvalue weighted by molar-refractivity contribution is -0.111. The van der Waals surface area contributed by atoms with E-state index >= 15 is 0 Å². The minimum atomic E-state index is 0.000880. The molecular weight excluding hydrogens is 140 g/mol. The summed E-state index contributed by atoms with van der Waals surface area (Å²) in [6.07, 6.45) is 8.27. The van der Waals surface area contributed by atoms with Gasteiger partial charge in [0.25, 0.3) is 0 Å². The molecule has 0 spiro atoms. The Morgan fingerprint density at radius 1 is 1.45 bits per heavy atom. The highest BCUT2D eigenvalue weighted by Gasteiger charge is 2.04. The van der Waals surface area contributed by atoms with Gasteiger partial charge in [-0.25, -0.2) is 0 Å². The molecule has 0 aliphatic heterocycles. The molecule has 2 nitrogen and oxygen atoms in total. The van der Waals surface area contributed by atoms with Crippen LogP contribution in [0.2, 0.25) is 0 Å². The van der Waals surface area contributed by atoms with Gasteiger partial charge >= 0.3 is 0 Å². The minimum Gasteiger partial charge on any atom is -0.501 e. The van der Waals surface area contributed by atoms with Crippen LogP contribution in [0.25, 0.3) is 0 Å². The molecule has 0 amide bonds. The summed E-state index contributed by atoms with van der Waals surface area (Å²) in [4.78, 5) is 11.0. The third-order valence-electron chi connectivity index (χ3n) is 1.30. The summed E-state index contributed by atoms with van der Waals surface area (Å²) < 4.78 is 4.98. The van der Waals surface area contributed by atoms with Gasteiger partial charge in [0.15, 0.2) is 5.78 Å². The van der Waals surface area contributed by atoms with E-state index in [0.717, 1.165) is 0 Å². The largest absolute Gasteiger partial charge is 0.501 e. The lowest BCUT2D eigenvalue weighted by Gasteiger charge is -2.00. The van der Waals surface area contributed by atoms with E-state index in [1.54, 1.807) is 12.2 Å². The Balaban J connectivity index is 2.65. The van der Waals surface area contributed by atoms with Crippen molar-refractivity contribution in [2.24, 2.45) is 0 Å². The molecule has 0 saturated carbocycles. The Kier molecular flexibility index (Phi) is 2.66. The number of carbonyl (C=O) groups is 1. The van der Waals surface area contributed by atoms with Crippen LogP contribution < -0.4 is 0 Å². The Morgan fingerprint density at radius 3 is 2.82 bits per heavy atom.